The van der Waals surface area contributed by atoms with Crippen LogP contribution in [0.3, 0.4) is 0 Å². The van der Waals surface area contributed by atoms with Gasteiger partial charge < -0.3 is 10.1 Å². The largest absolute Gasteiger partial charge is 0.494 e. The van der Waals surface area contributed by atoms with Gasteiger partial charge in [0, 0.05) is 12.1 Å². The predicted molar refractivity (Wildman–Crippen MR) is 85.5 cm³/mol. The number of benzene rings is 1. The summed E-state index contributed by atoms with van der Waals surface area (Å²) in [5.41, 5.74) is 1.41. The summed E-state index contributed by atoms with van der Waals surface area (Å²) >= 11 is 0. The Balaban J connectivity index is 1.70. The van der Waals surface area contributed by atoms with Crippen molar-refractivity contribution in [3.05, 3.63) is 24.5 Å². The van der Waals surface area contributed by atoms with Crippen molar-refractivity contribution in [1.29, 1.82) is 0 Å². The quantitative estimate of drug-likeness (QED) is 0.917. The van der Waals surface area contributed by atoms with Crippen LogP contribution in [0.2, 0.25) is 0 Å². The van der Waals surface area contributed by atoms with Crippen LogP contribution in [0.4, 0.5) is 5.69 Å². The normalized spacial score (nSPS) is 15.3. The smallest absolute Gasteiger partial charge is 0.224 e. The first-order valence-corrected chi connectivity index (χ1v) is 7.97. The van der Waals surface area contributed by atoms with Crippen LogP contribution >= 0.6 is 0 Å². The maximum Gasteiger partial charge on any atom is 0.224 e. The number of anilines is 1. The zero-order chi connectivity index (χ0) is 16.1. The number of rotatable bonds is 5. The fraction of sp³-hybridized carbons (Fsp3) is 0.500. The molecule has 1 fully saturated rings. The summed E-state index contributed by atoms with van der Waals surface area (Å²) in [5.74, 6) is 1.22. The van der Waals surface area contributed by atoms with Crippen LogP contribution in [-0.2, 0) is 4.79 Å². The Morgan fingerprint density at radius 1 is 1.35 bits per heavy atom. The van der Waals surface area contributed by atoms with Crippen LogP contribution in [0.25, 0.3) is 5.69 Å². The third kappa shape index (κ3) is 3.85. The van der Waals surface area contributed by atoms with Gasteiger partial charge in [-0.05, 0) is 47.4 Å². The average molecular weight is 315 g/mol. The van der Waals surface area contributed by atoms with Crippen LogP contribution < -0.4 is 10.1 Å². The highest BCUT2D eigenvalue weighted by atomic mass is 16.5. The number of tetrazole rings is 1. The number of carbonyl (C=O) groups excluding carboxylic acids is 1. The number of ether oxygens (including phenoxy) is 1. The van der Waals surface area contributed by atoms with E-state index in [9.17, 15) is 4.79 Å². The highest BCUT2D eigenvalue weighted by molar-refractivity contribution is 5.91. The van der Waals surface area contributed by atoms with Crippen LogP contribution in [0.1, 0.15) is 38.5 Å². The summed E-state index contributed by atoms with van der Waals surface area (Å²) in [4.78, 5) is 12.2. The van der Waals surface area contributed by atoms with Gasteiger partial charge in [0.15, 0.2) is 0 Å². The molecular weight excluding hydrogens is 294 g/mol. The number of hydrogen-bond donors (Lipinski definition) is 1. The minimum absolute atomic E-state index is 0.0599. The number of carbonyl (C=O) groups is 1. The van der Waals surface area contributed by atoms with Crippen molar-refractivity contribution >= 4 is 11.6 Å². The van der Waals surface area contributed by atoms with Gasteiger partial charge in [0.2, 0.25) is 5.91 Å². The van der Waals surface area contributed by atoms with Crippen molar-refractivity contribution in [3.8, 4) is 11.4 Å². The molecule has 1 aliphatic carbocycles. The van der Waals surface area contributed by atoms with E-state index >= 15 is 0 Å². The summed E-state index contributed by atoms with van der Waals surface area (Å²) in [6.45, 7) is 0. The molecule has 0 radical (unpaired) electrons. The van der Waals surface area contributed by atoms with Crippen molar-refractivity contribution in [2.24, 2.45) is 5.92 Å². The molecule has 122 valence electrons. The molecule has 0 spiro atoms. The second-order valence-electron chi connectivity index (χ2n) is 5.90. The molecule has 0 unspecified atom stereocenters. The predicted octanol–water partition coefficient (Wildman–Crippen LogP) is 2.58. The van der Waals surface area contributed by atoms with E-state index in [0.717, 1.165) is 18.5 Å². The number of amides is 1. The fourth-order valence-corrected chi connectivity index (χ4v) is 3.08. The lowest BCUT2D eigenvalue weighted by Crippen LogP contribution is -2.18. The third-order valence-electron chi connectivity index (χ3n) is 4.26. The van der Waals surface area contributed by atoms with E-state index < -0.39 is 0 Å². The van der Waals surface area contributed by atoms with Crippen molar-refractivity contribution in [1.82, 2.24) is 20.2 Å². The Bertz CT molecular complexity index is 650. The Labute approximate surface area is 135 Å². The zero-order valence-electron chi connectivity index (χ0n) is 13.2. The first-order chi connectivity index (χ1) is 11.3. The van der Waals surface area contributed by atoms with Crippen LogP contribution in [0.5, 0.6) is 5.75 Å². The standard InChI is InChI=1S/C16H21N5O2/c1-23-15-8-7-13(10-14(15)21-11-17-19-20-21)18-16(22)9-12-5-3-2-4-6-12/h7-8,10-12H,2-6,9H2,1H3,(H,18,22). The Morgan fingerprint density at radius 2 is 2.17 bits per heavy atom. The monoisotopic (exact) mass is 315 g/mol. The Kier molecular flexibility index (Phi) is 4.85. The minimum atomic E-state index is 0.0599. The lowest BCUT2D eigenvalue weighted by atomic mass is 9.87. The minimum Gasteiger partial charge on any atom is -0.494 e. The van der Waals surface area contributed by atoms with Crippen molar-refractivity contribution in [2.45, 2.75) is 38.5 Å². The van der Waals surface area contributed by atoms with Gasteiger partial charge in [-0.25, -0.2) is 0 Å². The molecule has 0 aliphatic heterocycles. The number of hydrogen-bond acceptors (Lipinski definition) is 5. The summed E-state index contributed by atoms with van der Waals surface area (Å²) in [6.07, 6.45) is 8.18. The maximum absolute atomic E-state index is 12.2. The van der Waals surface area contributed by atoms with Crippen LogP contribution in [0.15, 0.2) is 24.5 Å². The Hall–Kier alpha value is -2.44. The molecule has 1 amide bonds. The number of methoxy groups -OCH3 is 1. The molecular formula is C16H21N5O2. The summed E-state index contributed by atoms with van der Waals surface area (Å²) in [5, 5.41) is 14.1. The second-order valence-corrected chi connectivity index (χ2v) is 5.90. The molecule has 2 aromatic rings. The molecule has 1 aliphatic rings. The van der Waals surface area contributed by atoms with Crippen molar-refractivity contribution in [2.75, 3.05) is 12.4 Å². The molecule has 1 N–H and O–H groups in total. The molecule has 7 nitrogen and oxygen atoms in total. The zero-order valence-corrected chi connectivity index (χ0v) is 13.2. The molecule has 1 aromatic heterocycles. The third-order valence-corrected chi connectivity index (χ3v) is 4.26. The van der Waals surface area contributed by atoms with Gasteiger partial charge in [-0.3, -0.25) is 4.79 Å². The summed E-state index contributed by atoms with van der Waals surface area (Å²) in [7, 11) is 1.59. The number of aromatic nitrogens is 4. The van der Waals surface area contributed by atoms with Gasteiger partial charge in [0.1, 0.15) is 17.8 Å². The number of nitrogens with one attached hydrogen (secondary N) is 1. The molecule has 23 heavy (non-hydrogen) atoms. The SMILES string of the molecule is COc1ccc(NC(=O)CC2CCCCC2)cc1-n1cnnn1. The fourth-order valence-electron chi connectivity index (χ4n) is 3.08. The molecule has 1 saturated carbocycles. The van der Waals surface area contributed by atoms with Gasteiger partial charge in [-0.15, -0.1) is 5.10 Å². The van der Waals surface area contributed by atoms with E-state index in [2.05, 4.69) is 20.8 Å². The maximum atomic E-state index is 12.2. The van der Waals surface area contributed by atoms with Crippen molar-refractivity contribution < 1.29 is 9.53 Å². The highest BCUT2D eigenvalue weighted by Crippen LogP contribution is 2.28. The van der Waals surface area contributed by atoms with Crippen LogP contribution in [-0.4, -0.2) is 33.2 Å². The molecule has 1 heterocycles. The van der Waals surface area contributed by atoms with E-state index in [1.165, 1.54) is 30.3 Å². The molecule has 0 atom stereocenters. The van der Waals surface area contributed by atoms with E-state index in [1.807, 2.05) is 12.1 Å². The van der Waals surface area contributed by atoms with E-state index in [1.54, 1.807) is 13.2 Å². The van der Waals surface area contributed by atoms with E-state index in [-0.39, 0.29) is 5.91 Å². The molecule has 7 heteroatoms. The first kappa shape index (κ1) is 15.5. The first-order valence-electron chi connectivity index (χ1n) is 7.97. The van der Waals surface area contributed by atoms with Gasteiger partial charge in [0.25, 0.3) is 0 Å². The average Bonchev–Trinajstić information content (AvgIpc) is 3.10. The van der Waals surface area contributed by atoms with E-state index in [4.69, 9.17) is 4.74 Å². The topological polar surface area (TPSA) is 81.9 Å². The Morgan fingerprint density at radius 3 is 2.87 bits per heavy atom. The van der Waals surface area contributed by atoms with Gasteiger partial charge >= 0.3 is 0 Å². The summed E-state index contributed by atoms with van der Waals surface area (Å²) in [6, 6.07) is 5.44. The van der Waals surface area contributed by atoms with E-state index in [0.29, 0.717) is 23.8 Å². The van der Waals surface area contributed by atoms with Crippen LogP contribution in [0, 0.1) is 5.92 Å². The lowest BCUT2D eigenvalue weighted by molar-refractivity contribution is -0.117. The number of nitrogens with zero attached hydrogens (tertiary/aromatic N) is 4. The lowest BCUT2D eigenvalue weighted by Gasteiger charge is -2.21. The molecule has 1 aromatic carbocycles. The van der Waals surface area contributed by atoms with Crippen molar-refractivity contribution in [3.63, 3.8) is 0 Å². The van der Waals surface area contributed by atoms with Gasteiger partial charge in [-0.1, -0.05) is 19.3 Å². The van der Waals surface area contributed by atoms with Gasteiger partial charge in [-0.2, -0.15) is 4.68 Å². The highest BCUT2D eigenvalue weighted by Gasteiger charge is 2.17. The second kappa shape index (κ2) is 7.21. The molecule has 0 saturated heterocycles. The van der Waals surface area contributed by atoms with Gasteiger partial charge in [0.05, 0.1) is 7.11 Å². The molecule has 3 rings (SSSR count). The summed E-state index contributed by atoms with van der Waals surface area (Å²) < 4.78 is 6.83. The molecule has 0 bridgehead atoms.